The Kier molecular flexibility index (Phi) is 5.63. The highest BCUT2D eigenvalue weighted by Gasteiger charge is 2.45. The molecule has 0 aromatic heterocycles. The maximum Gasteiger partial charge on any atom is 0.0841 e. The van der Waals surface area contributed by atoms with E-state index in [-0.39, 0.29) is 11.7 Å². The van der Waals surface area contributed by atoms with Gasteiger partial charge in [0.25, 0.3) is 0 Å². The van der Waals surface area contributed by atoms with Gasteiger partial charge in [0, 0.05) is 6.54 Å². The van der Waals surface area contributed by atoms with Crippen molar-refractivity contribution in [3.8, 4) is 0 Å². The molecule has 0 heterocycles. The van der Waals surface area contributed by atoms with Crippen molar-refractivity contribution in [1.29, 1.82) is 0 Å². The van der Waals surface area contributed by atoms with Crippen molar-refractivity contribution < 1.29 is 9.84 Å². The van der Waals surface area contributed by atoms with Crippen LogP contribution >= 0.6 is 0 Å². The number of aliphatic hydroxyl groups excluding tert-OH is 1. The summed E-state index contributed by atoms with van der Waals surface area (Å²) in [5, 5.41) is 9.69. The van der Waals surface area contributed by atoms with Crippen LogP contribution in [0, 0.1) is 17.8 Å². The number of hydrogen-bond donors (Lipinski definition) is 2. The minimum Gasteiger partial charge on any atom is -0.391 e. The van der Waals surface area contributed by atoms with Crippen molar-refractivity contribution in [1.82, 2.24) is 0 Å². The van der Waals surface area contributed by atoms with E-state index in [1.807, 2.05) is 6.92 Å². The molecule has 5 atom stereocenters. The predicted octanol–water partition coefficient (Wildman–Crippen LogP) is 2.56. The smallest absolute Gasteiger partial charge is 0.0841 e. The summed E-state index contributed by atoms with van der Waals surface area (Å²) >= 11 is 0. The van der Waals surface area contributed by atoms with Crippen molar-refractivity contribution in [2.45, 2.75) is 71.7 Å². The molecule has 1 rings (SSSR count). The molecule has 3 heteroatoms. The third-order valence-corrected chi connectivity index (χ3v) is 4.59. The van der Waals surface area contributed by atoms with Crippen LogP contribution in [-0.4, -0.2) is 29.5 Å². The zero-order valence-electron chi connectivity index (χ0n) is 12.6. The largest absolute Gasteiger partial charge is 0.391 e. The highest BCUT2D eigenvalue weighted by molar-refractivity contribution is 4.96. The minimum absolute atomic E-state index is 0.153. The van der Waals surface area contributed by atoms with Gasteiger partial charge in [0.05, 0.1) is 17.8 Å². The van der Waals surface area contributed by atoms with Crippen molar-refractivity contribution in [2.24, 2.45) is 23.5 Å². The van der Waals surface area contributed by atoms with Crippen molar-refractivity contribution >= 4 is 0 Å². The Labute approximate surface area is 112 Å². The van der Waals surface area contributed by atoms with Gasteiger partial charge < -0.3 is 15.6 Å². The van der Waals surface area contributed by atoms with Crippen LogP contribution in [0.3, 0.4) is 0 Å². The van der Waals surface area contributed by atoms with Gasteiger partial charge in [0.1, 0.15) is 0 Å². The summed E-state index contributed by atoms with van der Waals surface area (Å²) < 4.78 is 6.26. The van der Waals surface area contributed by atoms with E-state index >= 15 is 0 Å². The van der Waals surface area contributed by atoms with Gasteiger partial charge >= 0.3 is 0 Å². The van der Waals surface area contributed by atoms with E-state index in [0.717, 1.165) is 6.42 Å². The third-order valence-electron chi connectivity index (χ3n) is 4.59. The molecule has 1 aliphatic carbocycles. The maximum absolute atomic E-state index is 9.69. The monoisotopic (exact) mass is 257 g/mol. The first kappa shape index (κ1) is 15.9. The Balaban J connectivity index is 2.90. The van der Waals surface area contributed by atoms with Crippen molar-refractivity contribution in [2.75, 3.05) is 6.54 Å². The third kappa shape index (κ3) is 3.46. The lowest BCUT2D eigenvalue weighted by atomic mass is 9.66. The summed E-state index contributed by atoms with van der Waals surface area (Å²) in [5.41, 5.74) is 5.82. The fraction of sp³-hybridized carbons (Fsp3) is 1.00. The highest BCUT2D eigenvalue weighted by Crippen LogP contribution is 2.43. The minimum atomic E-state index is -0.446. The first-order valence-electron chi connectivity index (χ1n) is 7.38. The molecule has 0 spiro atoms. The summed E-state index contributed by atoms with van der Waals surface area (Å²) in [6.07, 6.45) is 2.86. The number of rotatable bonds is 5. The lowest BCUT2D eigenvalue weighted by molar-refractivity contribution is -0.175. The lowest BCUT2D eigenvalue weighted by Crippen LogP contribution is -2.55. The lowest BCUT2D eigenvalue weighted by Gasteiger charge is -2.49. The van der Waals surface area contributed by atoms with E-state index in [0.29, 0.717) is 24.3 Å². The number of ether oxygens (including phenoxy) is 1. The van der Waals surface area contributed by atoms with Crippen LogP contribution in [0.25, 0.3) is 0 Å². The Morgan fingerprint density at radius 1 is 1.28 bits per heavy atom. The average Bonchev–Trinajstić information content (AvgIpc) is 2.28. The topological polar surface area (TPSA) is 55.5 Å². The molecule has 1 saturated carbocycles. The Hall–Kier alpha value is -0.120. The first-order chi connectivity index (χ1) is 8.32. The first-order valence-corrected chi connectivity index (χ1v) is 7.38. The average molecular weight is 257 g/mol. The molecule has 3 nitrogen and oxygen atoms in total. The van der Waals surface area contributed by atoms with Crippen LogP contribution in [0.1, 0.15) is 53.9 Å². The molecule has 108 valence electrons. The molecule has 18 heavy (non-hydrogen) atoms. The van der Waals surface area contributed by atoms with E-state index in [4.69, 9.17) is 10.5 Å². The summed E-state index contributed by atoms with van der Waals surface area (Å²) in [6.45, 7) is 11.1. The number of nitrogens with two attached hydrogens (primary N) is 1. The van der Waals surface area contributed by atoms with Gasteiger partial charge in [-0.2, -0.15) is 0 Å². The van der Waals surface area contributed by atoms with Gasteiger partial charge in [-0.05, 0) is 44.4 Å². The molecule has 0 aromatic carbocycles. The Morgan fingerprint density at radius 3 is 2.33 bits per heavy atom. The van der Waals surface area contributed by atoms with Crippen LogP contribution in [0.2, 0.25) is 0 Å². The molecular weight excluding hydrogens is 226 g/mol. The SMILES string of the molecule is CC1CCC(C(C)C)C(CN)(OC(C)C(C)O)C1. The molecule has 0 amide bonds. The molecule has 0 aliphatic heterocycles. The van der Waals surface area contributed by atoms with E-state index in [9.17, 15) is 5.11 Å². The molecule has 0 radical (unpaired) electrons. The van der Waals surface area contributed by atoms with Gasteiger partial charge in [0.2, 0.25) is 0 Å². The van der Waals surface area contributed by atoms with Crippen molar-refractivity contribution in [3.63, 3.8) is 0 Å². The van der Waals surface area contributed by atoms with E-state index in [1.165, 1.54) is 12.8 Å². The van der Waals surface area contributed by atoms with Crippen LogP contribution in [0.5, 0.6) is 0 Å². The second-order valence-electron chi connectivity index (χ2n) is 6.57. The van der Waals surface area contributed by atoms with Gasteiger partial charge in [-0.15, -0.1) is 0 Å². The second-order valence-corrected chi connectivity index (χ2v) is 6.57. The summed E-state index contributed by atoms with van der Waals surface area (Å²) in [5.74, 6) is 1.73. The fourth-order valence-electron chi connectivity index (χ4n) is 3.40. The van der Waals surface area contributed by atoms with Crippen LogP contribution < -0.4 is 5.73 Å². The van der Waals surface area contributed by atoms with Gasteiger partial charge in [-0.3, -0.25) is 0 Å². The van der Waals surface area contributed by atoms with E-state index < -0.39 is 6.10 Å². The van der Waals surface area contributed by atoms with E-state index in [1.54, 1.807) is 6.92 Å². The molecule has 1 fully saturated rings. The summed E-state index contributed by atoms with van der Waals surface area (Å²) in [4.78, 5) is 0. The van der Waals surface area contributed by atoms with Crippen LogP contribution in [-0.2, 0) is 4.74 Å². The molecule has 3 N–H and O–H groups in total. The number of aliphatic hydroxyl groups is 1. The van der Waals surface area contributed by atoms with Crippen LogP contribution in [0.4, 0.5) is 0 Å². The zero-order valence-corrected chi connectivity index (χ0v) is 12.6. The zero-order chi connectivity index (χ0) is 13.9. The van der Waals surface area contributed by atoms with Gasteiger partial charge in [-0.1, -0.05) is 27.2 Å². The van der Waals surface area contributed by atoms with Gasteiger partial charge in [-0.25, -0.2) is 0 Å². The molecular formula is C15H31NO2. The summed E-state index contributed by atoms with van der Waals surface area (Å²) in [6, 6.07) is 0. The van der Waals surface area contributed by atoms with Gasteiger partial charge in [0.15, 0.2) is 0 Å². The molecule has 5 unspecified atom stereocenters. The van der Waals surface area contributed by atoms with Crippen LogP contribution in [0.15, 0.2) is 0 Å². The molecule has 0 saturated heterocycles. The fourth-order valence-corrected chi connectivity index (χ4v) is 3.40. The quantitative estimate of drug-likeness (QED) is 0.796. The number of hydrogen-bond acceptors (Lipinski definition) is 3. The molecule has 0 bridgehead atoms. The van der Waals surface area contributed by atoms with Crippen molar-refractivity contribution in [3.05, 3.63) is 0 Å². The second kappa shape index (κ2) is 6.36. The highest BCUT2D eigenvalue weighted by atomic mass is 16.5. The maximum atomic E-state index is 9.69. The summed E-state index contributed by atoms with van der Waals surface area (Å²) in [7, 11) is 0. The predicted molar refractivity (Wildman–Crippen MR) is 75.4 cm³/mol. The normalized spacial score (nSPS) is 36.7. The molecule has 0 aromatic rings. The van der Waals surface area contributed by atoms with E-state index in [2.05, 4.69) is 20.8 Å². The standard InChI is InChI=1S/C15H31NO2/c1-10(2)14-7-6-11(3)8-15(14,9-16)18-13(5)12(4)17/h10-14,17H,6-9,16H2,1-5H3. The Bertz CT molecular complexity index is 255. The Morgan fingerprint density at radius 2 is 1.89 bits per heavy atom. The molecule has 1 aliphatic rings.